The maximum Gasteiger partial charge on any atom is 0.259 e. The third-order valence-corrected chi connectivity index (χ3v) is 2.74. The lowest BCUT2D eigenvalue weighted by Crippen LogP contribution is -1.99. The number of ether oxygens (including phenoxy) is 1. The minimum absolute atomic E-state index is 0.238. The first-order chi connectivity index (χ1) is 8.33. The molecule has 1 saturated heterocycles. The van der Waals surface area contributed by atoms with Crippen molar-refractivity contribution in [3.8, 4) is 11.5 Å². The largest absolute Gasteiger partial charge is 0.397 e. The highest BCUT2D eigenvalue weighted by atomic mass is 16.5. The molecule has 1 aliphatic heterocycles. The van der Waals surface area contributed by atoms with E-state index in [2.05, 4.69) is 15.1 Å². The molecule has 17 heavy (non-hydrogen) atoms. The number of nitrogen functional groups attached to an aromatic ring is 1. The van der Waals surface area contributed by atoms with Crippen LogP contribution in [0.25, 0.3) is 11.5 Å². The molecule has 0 spiro atoms. The molecule has 0 saturated carbocycles. The van der Waals surface area contributed by atoms with Gasteiger partial charge in [0, 0.05) is 24.9 Å². The molecule has 2 aromatic heterocycles. The molecule has 6 nitrogen and oxygen atoms in total. The van der Waals surface area contributed by atoms with Crippen LogP contribution in [-0.2, 0) is 4.74 Å². The van der Waals surface area contributed by atoms with E-state index in [0.717, 1.165) is 18.6 Å². The second kappa shape index (κ2) is 4.14. The Morgan fingerprint density at radius 2 is 2.29 bits per heavy atom. The van der Waals surface area contributed by atoms with E-state index in [1.165, 1.54) is 0 Å². The van der Waals surface area contributed by atoms with Gasteiger partial charge in [-0.25, -0.2) is 0 Å². The fourth-order valence-corrected chi connectivity index (χ4v) is 1.83. The number of rotatable bonds is 2. The predicted molar refractivity (Wildman–Crippen MR) is 60.1 cm³/mol. The monoisotopic (exact) mass is 232 g/mol. The predicted octanol–water partition coefficient (Wildman–Crippen LogP) is 1.22. The quantitative estimate of drug-likeness (QED) is 0.837. The minimum Gasteiger partial charge on any atom is -0.397 e. The van der Waals surface area contributed by atoms with Crippen molar-refractivity contribution in [1.82, 2.24) is 15.1 Å². The third-order valence-electron chi connectivity index (χ3n) is 2.74. The standard InChI is InChI=1S/C11H12N4O2/c12-9-3-8(4-13-5-9)11-14-10(15-17-11)7-1-2-16-6-7/h3-5,7H,1-2,6,12H2. The molecular formula is C11H12N4O2. The molecule has 0 aromatic carbocycles. The van der Waals surface area contributed by atoms with Gasteiger partial charge < -0.3 is 15.0 Å². The van der Waals surface area contributed by atoms with E-state index >= 15 is 0 Å². The lowest BCUT2D eigenvalue weighted by molar-refractivity contribution is 0.192. The van der Waals surface area contributed by atoms with Crippen LogP contribution in [0.15, 0.2) is 23.0 Å². The highest BCUT2D eigenvalue weighted by Gasteiger charge is 2.23. The van der Waals surface area contributed by atoms with E-state index in [0.29, 0.717) is 24.0 Å². The number of anilines is 1. The van der Waals surface area contributed by atoms with Gasteiger partial charge in [-0.1, -0.05) is 5.16 Å². The van der Waals surface area contributed by atoms with E-state index in [4.69, 9.17) is 15.0 Å². The first kappa shape index (κ1) is 10.2. The zero-order chi connectivity index (χ0) is 11.7. The van der Waals surface area contributed by atoms with Gasteiger partial charge in [-0.15, -0.1) is 0 Å². The molecule has 1 aliphatic rings. The van der Waals surface area contributed by atoms with Crippen molar-refractivity contribution in [1.29, 1.82) is 0 Å². The molecule has 0 aliphatic carbocycles. The average Bonchev–Trinajstić information content (AvgIpc) is 3.00. The molecule has 0 bridgehead atoms. The van der Waals surface area contributed by atoms with Crippen LogP contribution in [0, 0.1) is 0 Å². The molecule has 0 amide bonds. The highest BCUT2D eigenvalue weighted by molar-refractivity contribution is 5.57. The Balaban J connectivity index is 1.89. The molecule has 3 heterocycles. The molecule has 1 fully saturated rings. The van der Waals surface area contributed by atoms with Crippen LogP contribution in [0.4, 0.5) is 5.69 Å². The summed E-state index contributed by atoms with van der Waals surface area (Å²) in [5.74, 6) is 1.38. The Labute approximate surface area is 97.8 Å². The molecule has 0 radical (unpaired) electrons. The van der Waals surface area contributed by atoms with Crippen molar-refractivity contribution in [3.63, 3.8) is 0 Å². The third kappa shape index (κ3) is 1.99. The van der Waals surface area contributed by atoms with E-state index in [1.807, 2.05) is 0 Å². The van der Waals surface area contributed by atoms with Crippen LogP contribution in [0.3, 0.4) is 0 Å². The molecule has 1 atom stereocenters. The summed E-state index contributed by atoms with van der Waals surface area (Å²) in [6, 6.07) is 1.76. The van der Waals surface area contributed by atoms with Crippen LogP contribution in [0.2, 0.25) is 0 Å². The number of nitrogens with two attached hydrogens (primary N) is 1. The molecule has 3 rings (SSSR count). The highest BCUT2D eigenvalue weighted by Crippen LogP contribution is 2.25. The summed E-state index contributed by atoms with van der Waals surface area (Å²) in [6.07, 6.45) is 4.17. The van der Waals surface area contributed by atoms with Gasteiger partial charge >= 0.3 is 0 Å². The summed E-state index contributed by atoms with van der Waals surface area (Å²) >= 11 is 0. The summed E-state index contributed by atoms with van der Waals surface area (Å²) in [7, 11) is 0. The van der Waals surface area contributed by atoms with Gasteiger partial charge in [-0.3, -0.25) is 4.98 Å². The van der Waals surface area contributed by atoms with Crippen molar-refractivity contribution in [2.75, 3.05) is 18.9 Å². The zero-order valence-corrected chi connectivity index (χ0v) is 9.17. The summed E-state index contributed by atoms with van der Waals surface area (Å²) in [6.45, 7) is 1.42. The molecule has 2 aromatic rings. The molecule has 6 heteroatoms. The van der Waals surface area contributed by atoms with Crippen molar-refractivity contribution >= 4 is 5.69 Å². The summed E-state index contributed by atoms with van der Waals surface area (Å²) in [5, 5.41) is 3.97. The SMILES string of the molecule is Nc1cncc(-c2nc(C3CCOC3)no2)c1. The lowest BCUT2D eigenvalue weighted by atomic mass is 10.1. The van der Waals surface area contributed by atoms with E-state index in [1.54, 1.807) is 18.5 Å². The summed E-state index contributed by atoms with van der Waals surface area (Å²) in [5.41, 5.74) is 6.97. The normalized spacial score (nSPS) is 19.6. The maximum atomic E-state index is 5.65. The topological polar surface area (TPSA) is 87.1 Å². The van der Waals surface area contributed by atoms with E-state index in [-0.39, 0.29) is 5.92 Å². The Morgan fingerprint density at radius 1 is 1.35 bits per heavy atom. The second-order valence-electron chi connectivity index (χ2n) is 4.03. The van der Waals surface area contributed by atoms with Crippen LogP contribution < -0.4 is 5.73 Å². The average molecular weight is 232 g/mol. The maximum absolute atomic E-state index is 5.65. The zero-order valence-electron chi connectivity index (χ0n) is 9.17. The van der Waals surface area contributed by atoms with Gasteiger partial charge in [-0.05, 0) is 12.5 Å². The minimum atomic E-state index is 0.238. The molecule has 88 valence electrons. The van der Waals surface area contributed by atoms with Gasteiger partial charge in [0.2, 0.25) is 0 Å². The van der Waals surface area contributed by atoms with Gasteiger partial charge in [0.05, 0.1) is 17.9 Å². The first-order valence-electron chi connectivity index (χ1n) is 5.45. The number of nitrogens with zero attached hydrogens (tertiary/aromatic N) is 3. The molecule has 1 unspecified atom stereocenters. The Morgan fingerprint density at radius 3 is 3.06 bits per heavy atom. The Bertz CT molecular complexity index is 520. The van der Waals surface area contributed by atoms with Crippen molar-refractivity contribution in [2.45, 2.75) is 12.3 Å². The lowest BCUT2D eigenvalue weighted by Gasteiger charge is -1.98. The van der Waals surface area contributed by atoms with Gasteiger partial charge in [0.25, 0.3) is 5.89 Å². The van der Waals surface area contributed by atoms with Crippen LogP contribution in [-0.4, -0.2) is 28.3 Å². The van der Waals surface area contributed by atoms with Crippen molar-refractivity contribution in [3.05, 3.63) is 24.3 Å². The number of aromatic nitrogens is 3. The second-order valence-corrected chi connectivity index (χ2v) is 4.03. The number of pyridine rings is 1. The van der Waals surface area contributed by atoms with Crippen molar-refractivity contribution < 1.29 is 9.26 Å². The number of hydrogen-bond donors (Lipinski definition) is 1. The van der Waals surface area contributed by atoms with Crippen LogP contribution >= 0.6 is 0 Å². The van der Waals surface area contributed by atoms with Gasteiger partial charge in [0.1, 0.15) is 0 Å². The van der Waals surface area contributed by atoms with Crippen molar-refractivity contribution in [2.24, 2.45) is 0 Å². The molecular weight excluding hydrogens is 220 g/mol. The van der Waals surface area contributed by atoms with Crippen LogP contribution in [0.5, 0.6) is 0 Å². The summed E-state index contributed by atoms with van der Waals surface area (Å²) in [4.78, 5) is 8.34. The van der Waals surface area contributed by atoms with Gasteiger partial charge in [0.15, 0.2) is 5.82 Å². The smallest absolute Gasteiger partial charge is 0.259 e. The van der Waals surface area contributed by atoms with E-state index < -0.39 is 0 Å². The Hall–Kier alpha value is -1.95. The molecule has 2 N–H and O–H groups in total. The van der Waals surface area contributed by atoms with Crippen LogP contribution in [0.1, 0.15) is 18.2 Å². The summed E-state index contributed by atoms with van der Waals surface area (Å²) < 4.78 is 10.5. The van der Waals surface area contributed by atoms with Gasteiger partial charge in [-0.2, -0.15) is 4.98 Å². The number of hydrogen-bond acceptors (Lipinski definition) is 6. The Kier molecular flexibility index (Phi) is 2.49. The first-order valence-corrected chi connectivity index (χ1v) is 5.45. The fraction of sp³-hybridized carbons (Fsp3) is 0.364. The fourth-order valence-electron chi connectivity index (χ4n) is 1.83. The van der Waals surface area contributed by atoms with E-state index in [9.17, 15) is 0 Å².